The van der Waals surface area contributed by atoms with E-state index in [-0.39, 0.29) is 5.92 Å². The fourth-order valence-corrected chi connectivity index (χ4v) is 5.48. The van der Waals surface area contributed by atoms with E-state index in [2.05, 4.69) is 51.4 Å². The lowest BCUT2D eigenvalue weighted by Crippen LogP contribution is -2.35. The average Bonchev–Trinajstić information content (AvgIpc) is 2.80. The smallest absolute Gasteiger partial charge is 0.103 e. The summed E-state index contributed by atoms with van der Waals surface area (Å²) >= 11 is 0. The summed E-state index contributed by atoms with van der Waals surface area (Å²) in [4.78, 5) is 2.58. The van der Waals surface area contributed by atoms with E-state index in [1.165, 1.54) is 25.8 Å². The number of fused-ring (bicyclic) bond motifs is 2. The molecule has 2 heteroatoms. The fraction of sp³-hybridized carbons (Fsp3) is 0.667. The van der Waals surface area contributed by atoms with Crippen molar-refractivity contribution >= 4 is 0 Å². The Balaban J connectivity index is 1.65. The van der Waals surface area contributed by atoms with Gasteiger partial charge in [0.2, 0.25) is 0 Å². The van der Waals surface area contributed by atoms with E-state index in [1.807, 2.05) is 30.3 Å². The summed E-state index contributed by atoms with van der Waals surface area (Å²) in [7, 11) is 0. The Morgan fingerprint density at radius 1 is 1.15 bits per heavy atom. The van der Waals surface area contributed by atoms with Crippen LogP contribution in [0.5, 0.6) is 0 Å². The highest BCUT2D eigenvalue weighted by atomic mass is 16.3. The van der Waals surface area contributed by atoms with Crippen molar-refractivity contribution in [1.29, 1.82) is 0 Å². The quantitative estimate of drug-likeness (QED) is 0.784. The van der Waals surface area contributed by atoms with E-state index in [9.17, 15) is 5.11 Å². The highest BCUT2D eigenvalue weighted by Crippen LogP contribution is 2.52. The number of rotatable bonds is 4. The van der Waals surface area contributed by atoms with Crippen LogP contribution in [0.25, 0.3) is 0 Å². The first kappa shape index (κ1) is 19.5. The normalized spacial score (nSPS) is 29.9. The van der Waals surface area contributed by atoms with E-state index in [0.29, 0.717) is 23.3 Å². The van der Waals surface area contributed by atoms with Gasteiger partial charge in [0.25, 0.3) is 0 Å². The second-order valence-electron chi connectivity index (χ2n) is 10.1. The number of benzene rings is 1. The number of likely N-dealkylation sites (tertiary alicyclic amines) is 1. The van der Waals surface area contributed by atoms with Crippen LogP contribution < -0.4 is 0 Å². The van der Waals surface area contributed by atoms with Crippen LogP contribution in [0.2, 0.25) is 0 Å². The first-order chi connectivity index (χ1) is 12.1. The molecular weight excluding hydrogens is 318 g/mol. The van der Waals surface area contributed by atoms with Gasteiger partial charge in [0, 0.05) is 19.0 Å². The van der Waals surface area contributed by atoms with Crippen LogP contribution in [0, 0.1) is 28.6 Å². The van der Waals surface area contributed by atoms with Crippen LogP contribution in [-0.2, 0) is 5.60 Å². The molecule has 0 spiro atoms. The van der Waals surface area contributed by atoms with Crippen molar-refractivity contribution in [3.05, 3.63) is 35.9 Å². The molecule has 0 aromatic heterocycles. The van der Waals surface area contributed by atoms with Gasteiger partial charge in [-0.25, -0.2) is 0 Å². The summed E-state index contributed by atoms with van der Waals surface area (Å²) in [5.74, 6) is 6.81. The minimum Gasteiger partial charge on any atom is -0.384 e. The van der Waals surface area contributed by atoms with Crippen molar-refractivity contribution in [2.24, 2.45) is 16.7 Å². The molecule has 1 saturated carbocycles. The average molecular weight is 354 g/mol. The second kappa shape index (κ2) is 7.02. The van der Waals surface area contributed by atoms with Crippen LogP contribution in [0.4, 0.5) is 0 Å². The predicted octanol–water partition coefficient (Wildman–Crippen LogP) is 4.82. The molecule has 2 nitrogen and oxygen atoms in total. The van der Waals surface area contributed by atoms with Crippen molar-refractivity contribution in [2.75, 3.05) is 13.1 Å². The SMILES string of the molecule is CC(C)C(O)(CC#CCN1C[C@]2(C)C[C@H]1CC(C)(C)C2)c1ccccc1. The standard InChI is InChI=1S/C24H35NO/c1-19(2)24(26,20-11-7-6-8-12-20)13-9-10-14-25-18-23(5)16-21(25)15-22(3,4)17-23/h6-8,11-12,19,21,26H,13-18H2,1-5H3/t21-,23-,24?/m1/s1. The van der Waals surface area contributed by atoms with Gasteiger partial charge in [-0.1, -0.05) is 76.8 Å². The Morgan fingerprint density at radius 3 is 2.50 bits per heavy atom. The zero-order valence-electron chi connectivity index (χ0n) is 17.2. The highest BCUT2D eigenvalue weighted by molar-refractivity contribution is 5.25. The fourth-order valence-electron chi connectivity index (χ4n) is 5.48. The lowest BCUT2D eigenvalue weighted by atomic mass is 9.65. The Bertz CT molecular complexity index is 683. The summed E-state index contributed by atoms with van der Waals surface area (Å²) in [6.45, 7) is 13.4. The van der Waals surface area contributed by atoms with Gasteiger partial charge in [0.05, 0.1) is 6.54 Å². The first-order valence-electron chi connectivity index (χ1n) is 10.1. The molecule has 1 unspecified atom stereocenters. The maximum absolute atomic E-state index is 11.2. The Labute approximate surface area is 160 Å². The third-order valence-corrected chi connectivity index (χ3v) is 6.52. The highest BCUT2D eigenvalue weighted by Gasteiger charge is 2.49. The molecule has 1 aromatic rings. The number of hydrogen-bond donors (Lipinski definition) is 1. The van der Waals surface area contributed by atoms with Gasteiger partial charge in [-0.05, 0) is 41.6 Å². The topological polar surface area (TPSA) is 23.5 Å². The molecule has 2 bridgehead atoms. The van der Waals surface area contributed by atoms with Gasteiger partial charge in [0.1, 0.15) is 5.60 Å². The lowest BCUT2D eigenvalue weighted by molar-refractivity contribution is -0.00533. The maximum atomic E-state index is 11.2. The van der Waals surface area contributed by atoms with Crippen molar-refractivity contribution in [3.63, 3.8) is 0 Å². The van der Waals surface area contributed by atoms with Crippen molar-refractivity contribution in [3.8, 4) is 11.8 Å². The van der Waals surface area contributed by atoms with Gasteiger partial charge < -0.3 is 5.11 Å². The zero-order valence-corrected chi connectivity index (χ0v) is 17.2. The molecule has 142 valence electrons. The molecule has 26 heavy (non-hydrogen) atoms. The minimum atomic E-state index is -0.872. The molecule has 1 N–H and O–H groups in total. The minimum absolute atomic E-state index is 0.130. The van der Waals surface area contributed by atoms with Gasteiger partial charge in [0.15, 0.2) is 0 Å². The largest absolute Gasteiger partial charge is 0.384 e. The molecule has 0 radical (unpaired) electrons. The van der Waals surface area contributed by atoms with E-state index < -0.39 is 5.60 Å². The number of nitrogens with zero attached hydrogens (tertiary/aromatic N) is 1. The van der Waals surface area contributed by atoms with Crippen molar-refractivity contribution in [1.82, 2.24) is 4.90 Å². The summed E-state index contributed by atoms with van der Waals surface area (Å²) in [5.41, 5.74) is 1.00. The van der Waals surface area contributed by atoms with E-state index >= 15 is 0 Å². The van der Waals surface area contributed by atoms with Gasteiger partial charge in [-0.15, -0.1) is 0 Å². The molecule has 1 heterocycles. The van der Waals surface area contributed by atoms with E-state index in [0.717, 1.165) is 12.1 Å². The summed E-state index contributed by atoms with van der Waals surface area (Å²) in [6.07, 6.45) is 4.42. The van der Waals surface area contributed by atoms with Gasteiger partial charge >= 0.3 is 0 Å². The summed E-state index contributed by atoms with van der Waals surface area (Å²) < 4.78 is 0. The molecule has 1 aliphatic carbocycles. The monoisotopic (exact) mass is 353 g/mol. The van der Waals surface area contributed by atoms with Gasteiger partial charge in [-0.3, -0.25) is 4.90 Å². The van der Waals surface area contributed by atoms with E-state index in [4.69, 9.17) is 0 Å². The molecule has 2 aliphatic rings. The molecule has 2 fully saturated rings. The van der Waals surface area contributed by atoms with Crippen molar-refractivity contribution < 1.29 is 5.11 Å². The predicted molar refractivity (Wildman–Crippen MR) is 109 cm³/mol. The molecular formula is C24H35NO. The number of aliphatic hydroxyl groups is 1. The van der Waals surface area contributed by atoms with Crippen LogP contribution in [0.15, 0.2) is 30.3 Å². The maximum Gasteiger partial charge on any atom is 0.103 e. The Hall–Kier alpha value is -1.30. The Kier molecular flexibility index (Phi) is 5.26. The van der Waals surface area contributed by atoms with Crippen LogP contribution >= 0.6 is 0 Å². The van der Waals surface area contributed by atoms with Crippen LogP contribution in [0.3, 0.4) is 0 Å². The lowest BCUT2D eigenvalue weighted by Gasteiger charge is -2.39. The third-order valence-electron chi connectivity index (χ3n) is 6.52. The molecule has 1 saturated heterocycles. The molecule has 3 atom stereocenters. The van der Waals surface area contributed by atoms with Crippen molar-refractivity contribution in [2.45, 2.75) is 71.9 Å². The molecule has 1 aliphatic heterocycles. The second-order valence-corrected chi connectivity index (χ2v) is 10.1. The molecule has 3 rings (SSSR count). The third kappa shape index (κ3) is 4.00. The van der Waals surface area contributed by atoms with Gasteiger partial charge in [-0.2, -0.15) is 0 Å². The summed E-state index contributed by atoms with van der Waals surface area (Å²) in [5, 5.41) is 11.2. The Morgan fingerprint density at radius 2 is 1.85 bits per heavy atom. The summed E-state index contributed by atoms with van der Waals surface area (Å²) in [6, 6.07) is 10.7. The number of hydrogen-bond acceptors (Lipinski definition) is 2. The zero-order chi connectivity index (χ0) is 19.0. The van der Waals surface area contributed by atoms with Crippen LogP contribution in [-0.4, -0.2) is 29.1 Å². The first-order valence-corrected chi connectivity index (χ1v) is 10.1. The molecule has 0 amide bonds. The van der Waals surface area contributed by atoms with Crippen LogP contribution in [0.1, 0.15) is 65.9 Å². The molecule has 1 aromatic carbocycles. The van der Waals surface area contributed by atoms with E-state index in [1.54, 1.807) is 0 Å².